The molecule has 0 unspecified atom stereocenters. The van der Waals surface area contributed by atoms with Crippen molar-refractivity contribution in [3.63, 3.8) is 0 Å². The molecule has 0 saturated heterocycles. The van der Waals surface area contributed by atoms with E-state index in [1.165, 1.54) is 0 Å². The zero-order valence-electron chi connectivity index (χ0n) is 16.4. The van der Waals surface area contributed by atoms with E-state index in [0.717, 1.165) is 11.1 Å². The molecule has 0 saturated carbocycles. The van der Waals surface area contributed by atoms with Crippen LogP contribution in [0.5, 0.6) is 0 Å². The number of aryl methyl sites for hydroxylation is 2. The quantitative estimate of drug-likeness (QED) is 0.234. The molecule has 0 spiro atoms. The maximum atomic E-state index is 12.7. The molecule has 0 aliphatic heterocycles. The third-order valence-corrected chi connectivity index (χ3v) is 4.42. The van der Waals surface area contributed by atoms with Crippen molar-refractivity contribution < 1.29 is 26.7 Å². The Balaban J connectivity index is 0.000000437. The molecular weight excluding hydrogens is 400 g/mol. The zero-order valence-corrected chi connectivity index (χ0v) is 17.5. The first kappa shape index (κ1) is 22.3. The number of carbonyl (C=O) groups excluding carboxylic acids is 2. The van der Waals surface area contributed by atoms with Gasteiger partial charge in [0.05, 0.1) is 0 Å². The van der Waals surface area contributed by atoms with E-state index in [1.807, 2.05) is 80.6 Å². The minimum atomic E-state index is -0.116. The van der Waals surface area contributed by atoms with Crippen LogP contribution in [0.3, 0.4) is 0 Å². The van der Waals surface area contributed by atoms with Crippen LogP contribution in [0.25, 0.3) is 0 Å². The summed E-state index contributed by atoms with van der Waals surface area (Å²) in [5.41, 5.74) is 4.18. The van der Waals surface area contributed by atoms with Gasteiger partial charge in [0.2, 0.25) is 0 Å². The molecule has 0 atom stereocenters. The minimum Gasteiger partial charge on any atom is -0.748 e. The fraction of sp³-hybridized carbons (Fsp3) is 0.0769. The molecule has 0 fully saturated rings. The summed E-state index contributed by atoms with van der Waals surface area (Å²) >= 11 is 0. The Bertz CT molecular complexity index is 982. The molecule has 0 N–H and O–H groups in total. The molecule has 0 aromatic heterocycles. The van der Waals surface area contributed by atoms with Crippen molar-refractivity contribution in [2.75, 3.05) is 0 Å². The zero-order chi connectivity index (χ0) is 19.9. The van der Waals surface area contributed by atoms with Gasteiger partial charge in [-0.2, -0.15) is 6.07 Å². The van der Waals surface area contributed by atoms with Crippen LogP contribution >= 0.6 is 0 Å². The van der Waals surface area contributed by atoms with Crippen molar-refractivity contribution in [2.45, 2.75) is 13.8 Å². The van der Waals surface area contributed by atoms with E-state index in [4.69, 9.17) is 0 Å². The average Bonchev–Trinajstić information content (AvgIpc) is 3.41. The molecule has 0 aliphatic carbocycles. The monoisotopic (exact) mass is 422 g/mol. The summed E-state index contributed by atoms with van der Waals surface area (Å²) in [5.74, 6) is -0.232. The van der Waals surface area contributed by atoms with Crippen molar-refractivity contribution in [1.82, 2.24) is 0 Å². The molecule has 152 valence electrons. The van der Waals surface area contributed by atoms with Crippen molar-refractivity contribution in [2.24, 2.45) is 0 Å². The van der Waals surface area contributed by atoms with Gasteiger partial charge in [-0.25, -0.2) is 0 Å². The number of rotatable bonds is 4. The second-order valence-corrected chi connectivity index (χ2v) is 6.71. The van der Waals surface area contributed by atoms with Crippen molar-refractivity contribution >= 4 is 11.6 Å². The summed E-state index contributed by atoms with van der Waals surface area (Å²) in [4.78, 5) is 25.5. The number of ketones is 2. The van der Waals surface area contributed by atoms with Gasteiger partial charge >= 0.3 is 0 Å². The predicted octanol–water partition coefficient (Wildman–Crippen LogP) is 5.89. The number of carbonyl (C=O) groups is 2. The van der Waals surface area contributed by atoms with Gasteiger partial charge in [0.25, 0.3) is 0 Å². The topological polar surface area (TPSA) is 34.1 Å². The van der Waals surface area contributed by atoms with Gasteiger partial charge in [-0.05, 0) is 30.5 Å². The van der Waals surface area contributed by atoms with Gasteiger partial charge in [-0.3, -0.25) is 0 Å². The first-order chi connectivity index (χ1) is 13.6. The molecular formula is C26H22FeO2-6. The standard InChI is InChI=1S/C21H17O2.C5H5.Fe/c1-14-6-3-8-16(12-14)20(22)18-10-5-11-19(18)21(23)17-9-4-7-15(2)13-17;1-2-4-5-3-1;/h3-13H,1-2H3;1-5H;/q-1;-5;. The fourth-order valence-corrected chi connectivity index (χ4v) is 3.02. The van der Waals surface area contributed by atoms with E-state index in [0.29, 0.717) is 22.3 Å². The van der Waals surface area contributed by atoms with Gasteiger partial charge in [-0.15, -0.1) is 12.1 Å². The molecule has 4 rings (SSSR count). The summed E-state index contributed by atoms with van der Waals surface area (Å²) in [7, 11) is 0. The molecule has 4 aromatic carbocycles. The average molecular weight is 422 g/mol. The third kappa shape index (κ3) is 5.74. The minimum absolute atomic E-state index is 0. The van der Waals surface area contributed by atoms with Gasteiger partial charge in [0.1, 0.15) is 11.6 Å². The molecule has 3 heteroatoms. The normalized spacial score (nSPS) is 9.72. The van der Waals surface area contributed by atoms with Gasteiger partial charge in [-0.1, -0.05) is 65.2 Å². The first-order valence-electron chi connectivity index (χ1n) is 9.21. The Morgan fingerprint density at radius 2 is 1.24 bits per heavy atom. The number of hydrogen-bond donors (Lipinski definition) is 0. The second-order valence-electron chi connectivity index (χ2n) is 6.71. The van der Waals surface area contributed by atoms with Crippen LogP contribution in [0, 0.1) is 13.8 Å². The van der Waals surface area contributed by atoms with Crippen LogP contribution in [-0.4, -0.2) is 11.6 Å². The van der Waals surface area contributed by atoms with Crippen molar-refractivity contribution in [3.8, 4) is 0 Å². The van der Waals surface area contributed by atoms with Crippen LogP contribution in [0.1, 0.15) is 43.0 Å². The van der Waals surface area contributed by atoms with E-state index in [1.54, 1.807) is 30.3 Å². The van der Waals surface area contributed by atoms with Crippen molar-refractivity contribution in [1.29, 1.82) is 0 Å². The number of hydrogen-bond acceptors (Lipinski definition) is 2. The fourth-order valence-electron chi connectivity index (χ4n) is 3.02. The van der Waals surface area contributed by atoms with Gasteiger partial charge in [0.15, 0.2) is 0 Å². The van der Waals surface area contributed by atoms with Crippen LogP contribution in [-0.2, 0) is 17.1 Å². The van der Waals surface area contributed by atoms with E-state index >= 15 is 0 Å². The van der Waals surface area contributed by atoms with Gasteiger partial charge in [0, 0.05) is 17.1 Å². The second kappa shape index (κ2) is 10.5. The predicted molar refractivity (Wildman–Crippen MR) is 113 cm³/mol. The SMILES string of the molecule is Cc1cccc(C(=O)c2ccc[c-]2C(=O)c2cccc(C)c2)c1.[Fe].[cH-]1[cH-][cH-][cH-][cH-]1. The van der Waals surface area contributed by atoms with E-state index in [9.17, 15) is 9.59 Å². The first-order valence-corrected chi connectivity index (χ1v) is 9.21. The van der Waals surface area contributed by atoms with Gasteiger partial charge < -0.3 is 39.9 Å². The largest absolute Gasteiger partial charge is 0.748 e. The number of benzene rings is 2. The maximum Gasteiger partial charge on any atom is 0.128 e. The molecule has 4 aromatic rings. The molecule has 0 amide bonds. The summed E-state index contributed by atoms with van der Waals surface area (Å²) in [6, 6.07) is 30.0. The molecule has 2 nitrogen and oxygen atoms in total. The summed E-state index contributed by atoms with van der Waals surface area (Å²) in [5, 5.41) is 0. The van der Waals surface area contributed by atoms with Crippen LogP contribution in [0.2, 0.25) is 0 Å². The Morgan fingerprint density at radius 3 is 1.79 bits per heavy atom. The summed E-state index contributed by atoms with van der Waals surface area (Å²) < 4.78 is 0. The van der Waals surface area contributed by atoms with E-state index in [-0.39, 0.29) is 28.6 Å². The molecule has 29 heavy (non-hydrogen) atoms. The van der Waals surface area contributed by atoms with Crippen LogP contribution in [0.4, 0.5) is 0 Å². The maximum absolute atomic E-state index is 12.7. The summed E-state index contributed by atoms with van der Waals surface area (Å²) in [6.07, 6.45) is 0. The smallest absolute Gasteiger partial charge is 0.128 e. The third-order valence-electron chi connectivity index (χ3n) is 4.42. The Hall–Kier alpha value is -3.00. The molecule has 0 heterocycles. The molecule has 0 radical (unpaired) electrons. The van der Waals surface area contributed by atoms with E-state index < -0.39 is 0 Å². The Kier molecular flexibility index (Phi) is 8.08. The van der Waals surface area contributed by atoms with Crippen molar-refractivity contribution in [3.05, 3.63) is 130 Å². The van der Waals surface area contributed by atoms with E-state index in [2.05, 4.69) is 0 Å². The Morgan fingerprint density at radius 1 is 0.724 bits per heavy atom. The molecule has 0 bridgehead atoms. The molecule has 0 aliphatic rings. The summed E-state index contributed by atoms with van der Waals surface area (Å²) in [6.45, 7) is 3.89. The Labute approximate surface area is 182 Å². The van der Waals surface area contributed by atoms with Crippen LogP contribution in [0.15, 0.2) is 97.1 Å². The van der Waals surface area contributed by atoms with Crippen LogP contribution < -0.4 is 0 Å².